The number of benzene rings is 1. The maximum atomic E-state index is 11.4. The van der Waals surface area contributed by atoms with Crippen molar-refractivity contribution in [3.05, 3.63) is 28.2 Å². The molecule has 4 heteroatoms. The van der Waals surface area contributed by atoms with Crippen molar-refractivity contribution in [3.8, 4) is 0 Å². The van der Waals surface area contributed by atoms with Crippen molar-refractivity contribution in [2.24, 2.45) is 0 Å². The summed E-state index contributed by atoms with van der Waals surface area (Å²) in [4.78, 5) is 12.9. The Kier molecular flexibility index (Phi) is 3.52. The maximum Gasteiger partial charge on any atom is 0.321 e. The highest BCUT2D eigenvalue weighted by Gasteiger charge is 2.06. The molecule has 0 bridgehead atoms. The molecule has 76 valence electrons. The van der Waals surface area contributed by atoms with Gasteiger partial charge in [-0.25, -0.2) is 4.79 Å². The fraction of sp³-hybridized carbons (Fsp3) is 0.300. The molecule has 0 fully saturated rings. The molecule has 1 aromatic rings. The zero-order valence-corrected chi connectivity index (χ0v) is 10.1. The van der Waals surface area contributed by atoms with Crippen LogP contribution in [0.5, 0.6) is 0 Å². The standard InChI is InChI=1S/C10H13BrN2O/c1-7-8(11)5-4-6-9(7)12-10(14)13(2)3/h4-6H,1-3H3,(H,12,14). The fourth-order valence-corrected chi connectivity index (χ4v) is 1.34. The molecular weight excluding hydrogens is 244 g/mol. The molecule has 0 atom stereocenters. The minimum atomic E-state index is -0.119. The molecule has 0 unspecified atom stereocenters. The summed E-state index contributed by atoms with van der Waals surface area (Å²) >= 11 is 3.41. The summed E-state index contributed by atoms with van der Waals surface area (Å²) in [5.74, 6) is 0. The Morgan fingerprint density at radius 3 is 2.64 bits per heavy atom. The molecule has 3 nitrogen and oxygen atoms in total. The number of carbonyl (C=O) groups is 1. The van der Waals surface area contributed by atoms with Crippen LogP contribution in [-0.4, -0.2) is 25.0 Å². The second-order valence-electron chi connectivity index (χ2n) is 3.24. The van der Waals surface area contributed by atoms with Crippen LogP contribution in [-0.2, 0) is 0 Å². The van der Waals surface area contributed by atoms with Crippen LogP contribution in [0, 0.1) is 6.92 Å². The predicted octanol–water partition coefficient (Wildman–Crippen LogP) is 2.85. The molecule has 0 saturated heterocycles. The summed E-state index contributed by atoms with van der Waals surface area (Å²) in [5, 5.41) is 2.81. The maximum absolute atomic E-state index is 11.4. The predicted molar refractivity (Wildman–Crippen MR) is 61.6 cm³/mol. The topological polar surface area (TPSA) is 32.3 Å². The van der Waals surface area contributed by atoms with E-state index in [1.807, 2.05) is 25.1 Å². The monoisotopic (exact) mass is 256 g/mol. The first-order valence-corrected chi connectivity index (χ1v) is 5.05. The van der Waals surface area contributed by atoms with Gasteiger partial charge in [0.1, 0.15) is 0 Å². The van der Waals surface area contributed by atoms with E-state index in [1.54, 1.807) is 14.1 Å². The van der Waals surface area contributed by atoms with Crippen molar-refractivity contribution < 1.29 is 4.79 Å². The van der Waals surface area contributed by atoms with E-state index in [2.05, 4.69) is 21.2 Å². The first kappa shape index (κ1) is 11.0. The van der Waals surface area contributed by atoms with Gasteiger partial charge in [-0.15, -0.1) is 0 Å². The summed E-state index contributed by atoms with van der Waals surface area (Å²) in [6, 6.07) is 5.59. The van der Waals surface area contributed by atoms with Gasteiger partial charge >= 0.3 is 6.03 Å². The molecule has 0 heterocycles. The third-order valence-electron chi connectivity index (χ3n) is 1.92. The minimum Gasteiger partial charge on any atom is -0.331 e. The van der Waals surface area contributed by atoms with Gasteiger partial charge in [0.25, 0.3) is 0 Å². The molecule has 0 spiro atoms. The number of anilines is 1. The highest BCUT2D eigenvalue weighted by Crippen LogP contribution is 2.23. The molecule has 0 aliphatic heterocycles. The quantitative estimate of drug-likeness (QED) is 0.824. The van der Waals surface area contributed by atoms with Gasteiger partial charge in [-0.2, -0.15) is 0 Å². The van der Waals surface area contributed by atoms with Gasteiger partial charge in [0.2, 0.25) is 0 Å². The highest BCUT2D eigenvalue weighted by atomic mass is 79.9. The van der Waals surface area contributed by atoms with E-state index in [0.29, 0.717) is 0 Å². The zero-order valence-electron chi connectivity index (χ0n) is 8.47. The SMILES string of the molecule is Cc1c(Br)cccc1NC(=O)N(C)C. The van der Waals surface area contributed by atoms with Crippen LogP contribution in [0.3, 0.4) is 0 Å². The summed E-state index contributed by atoms with van der Waals surface area (Å²) in [6.07, 6.45) is 0. The van der Waals surface area contributed by atoms with Crippen molar-refractivity contribution in [2.45, 2.75) is 6.92 Å². The normalized spacial score (nSPS) is 9.71. The number of hydrogen-bond donors (Lipinski definition) is 1. The Balaban J connectivity index is 2.87. The van der Waals surface area contributed by atoms with Crippen molar-refractivity contribution in [1.82, 2.24) is 4.90 Å². The third kappa shape index (κ3) is 2.48. The summed E-state index contributed by atoms with van der Waals surface area (Å²) < 4.78 is 0.994. The molecule has 0 saturated carbocycles. The second-order valence-corrected chi connectivity index (χ2v) is 4.09. The number of hydrogen-bond acceptors (Lipinski definition) is 1. The van der Waals surface area contributed by atoms with Crippen LogP contribution in [0.1, 0.15) is 5.56 Å². The third-order valence-corrected chi connectivity index (χ3v) is 2.77. The molecule has 14 heavy (non-hydrogen) atoms. The van der Waals surface area contributed by atoms with E-state index >= 15 is 0 Å². The van der Waals surface area contributed by atoms with E-state index in [9.17, 15) is 4.79 Å². The Hall–Kier alpha value is -1.03. The van der Waals surface area contributed by atoms with Gasteiger partial charge in [-0.3, -0.25) is 0 Å². The van der Waals surface area contributed by atoms with E-state index < -0.39 is 0 Å². The summed E-state index contributed by atoms with van der Waals surface area (Å²) in [7, 11) is 3.42. The van der Waals surface area contributed by atoms with Gasteiger partial charge in [0.05, 0.1) is 0 Å². The number of rotatable bonds is 1. The van der Waals surface area contributed by atoms with Crippen molar-refractivity contribution >= 4 is 27.6 Å². The highest BCUT2D eigenvalue weighted by molar-refractivity contribution is 9.10. The molecule has 0 radical (unpaired) electrons. The Labute approximate surface area is 92.2 Å². The lowest BCUT2D eigenvalue weighted by atomic mass is 10.2. The molecule has 1 N–H and O–H groups in total. The van der Waals surface area contributed by atoms with Gasteiger partial charge in [-0.05, 0) is 24.6 Å². The molecule has 2 amide bonds. The van der Waals surface area contributed by atoms with Crippen LogP contribution < -0.4 is 5.32 Å². The zero-order chi connectivity index (χ0) is 10.7. The Morgan fingerprint density at radius 1 is 1.43 bits per heavy atom. The molecule has 1 aromatic carbocycles. The number of urea groups is 1. The van der Waals surface area contributed by atoms with E-state index in [0.717, 1.165) is 15.7 Å². The minimum absolute atomic E-state index is 0.119. The van der Waals surface area contributed by atoms with Crippen LogP contribution in [0.2, 0.25) is 0 Å². The van der Waals surface area contributed by atoms with Crippen LogP contribution >= 0.6 is 15.9 Å². The number of nitrogens with one attached hydrogen (secondary N) is 1. The van der Waals surface area contributed by atoms with Crippen LogP contribution in [0.15, 0.2) is 22.7 Å². The van der Waals surface area contributed by atoms with Crippen molar-refractivity contribution in [1.29, 1.82) is 0 Å². The van der Waals surface area contributed by atoms with Gasteiger partial charge in [0, 0.05) is 24.3 Å². The number of nitrogens with zero attached hydrogens (tertiary/aromatic N) is 1. The Bertz CT molecular complexity index is 350. The number of halogens is 1. The second kappa shape index (κ2) is 4.46. The largest absolute Gasteiger partial charge is 0.331 e. The van der Waals surface area contributed by atoms with Crippen LogP contribution in [0.25, 0.3) is 0 Å². The first-order chi connectivity index (χ1) is 6.52. The van der Waals surface area contributed by atoms with Gasteiger partial charge in [0.15, 0.2) is 0 Å². The molecule has 0 aliphatic rings. The average molecular weight is 257 g/mol. The summed E-state index contributed by atoms with van der Waals surface area (Å²) in [5.41, 5.74) is 1.86. The van der Waals surface area contributed by atoms with E-state index in [-0.39, 0.29) is 6.03 Å². The lowest BCUT2D eigenvalue weighted by molar-refractivity contribution is 0.230. The van der Waals surface area contributed by atoms with Crippen LogP contribution in [0.4, 0.5) is 10.5 Å². The molecule has 1 rings (SSSR count). The average Bonchev–Trinajstić information content (AvgIpc) is 2.12. The summed E-state index contributed by atoms with van der Waals surface area (Å²) in [6.45, 7) is 1.95. The lowest BCUT2D eigenvalue weighted by Gasteiger charge is -2.14. The van der Waals surface area contributed by atoms with E-state index in [4.69, 9.17) is 0 Å². The first-order valence-electron chi connectivity index (χ1n) is 4.26. The van der Waals surface area contributed by atoms with Gasteiger partial charge < -0.3 is 10.2 Å². The molecular formula is C10H13BrN2O. The van der Waals surface area contributed by atoms with Gasteiger partial charge in [-0.1, -0.05) is 22.0 Å². The number of amides is 2. The smallest absolute Gasteiger partial charge is 0.321 e. The Morgan fingerprint density at radius 2 is 2.07 bits per heavy atom. The van der Waals surface area contributed by atoms with Crippen molar-refractivity contribution in [3.63, 3.8) is 0 Å². The fourth-order valence-electron chi connectivity index (χ4n) is 0.970. The number of carbonyl (C=O) groups excluding carboxylic acids is 1. The molecule has 0 aliphatic carbocycles. The molecule has 0 aromatic heterocycles. The van der Waals surface area contributed by atoms with E-state index in [1.165, 1.54) is 4.90 Å². The lowest BCUT2D eigenvalue weighted by Crippen LogP contribution is -2.27. The van der Waals surface area contributed by atoms with Crippen molar-refractivity contribution in [2.75, 3.05) is 19.4 Å².